The van der Waals surface area contributed by atoms with Gasteiger partial charge >= 0.3 is 6.18 Å². The smallest absolute Gasteiger partial charge is 0.352 e. The van der Waals surface area contributed by atoms with E-state index in [1.54, 1.807) is 0 Å². The highest BCUT2D eigenvalue weighted by molar-refractivity contribution is 5.94. The predicted molar refractivity (Wildman–Crippen MR) is 71.2 cm³/mol. The average molecular weight is 306 g/mol. The predicted octanol–water partition coefficient (Wildman–Crippen LogP) is 2.95. The molecule has 0 spiro atoms. The van der Waals surface area contributed by atoms with E-state index in [0.717, 1.165) is 6.07 Å². The van der Waals surface area contributed by atoms with Crippen molar-refractivity contribution in [1.82, 2.24) is 5.32 Å². The maximum atomic E-state index is 13.1. The van der Waals surface area contributed by atoms with Crippen molar-refractivity contribution in [1.29, 1.82) is 0 Å². The Hall–Kier alpha value is -1.63. The molecule has 3 N–H and O–H groups in total. The summed E-state index contributed by atoms with van der Waals surface area (Å²) in [4.78, 5) is 11.9. The van der Waals surface area contributed by atoms with E-state index in [1.165, 1.54) is 0 Å². The molecule has 0 aliphatic carbocycles. The molecule has 0 fully saturated rings. The van der Waals surface area contributed by atoms with Gasteiger partial charge in [-0.05, 0) is 36.6 Å². The van der Waals surface area contributed by atoms with Gasteiger partial charge in [0.2, 0.25) is 0 Å². The molecule has 0 aliphatic rings. The second-order valence-electron chi connectivity index (χ2n) is 5.58. The molecule has 0 aromatic heterocycles. The molecule has 7 heteroatoms. The number of halogens is 4. The Labute approximate surface area is 120 Å². The maximum Gasteiger partial charge on any atom is 0.419 e. The number of hydrogen-bond donors (Lipinski definition) is 2. The van der Waals surface area contributed by atoms with Crippen molar-refractivity contribution in [2.45, 2.75) is 26.4 Å². The Morgan fingerprint density at radius 1 is 1.29 bits per heavy atom. The van der Waals surface area contributed by atoms with Crippen LogP contribution < -0.4 is 11.1 Å². The van der Waals surface area contributed by atoms with Crippen molar-refractivity contribution in [3.63, 3.8) is 0 Å². The number of hydrogen-bond acceptors (Lipinski definition) is 2. The summed E-state index contributed by atoms with van der Waals surface area (Å²) in [6.45, 7) is 4.47. The molecule has 0 radical (unpaired) electrons. The molecule has 0 heterocycles. The zero-order chi connectivity index (χ0) is 16.3. The minimum Gasteiger partial charge on any atom is -0.352 e. The maximum absolute atomic E-state index is 13.1. The minimum atomic E-state index is -4.83. The average Bonchev–Trinajstić information content (AvgIpc) is 2.35. The monoisotopic (exact) mass is 306 g/mol. The topological polar surface area (TPSA) is 55.1 Å². The Morgan fingerprint density at radius 3 is 2.43 bits per heavy atom. The Kier molecular flexibility index (Phi) is 5.33. The standard InChI is InChI=1S/C14H18F4N2O/c1-13(2,5-6-19)8-20-12(21)9-3-4-11(15)10(7-9)14(16,17)18/h3-4,7H,5-6,8,19H2,1-2H3,(H,20,21). The first-order chi connectivity index (χ1) is 9.57. The van der Waals surface area contributed by atoms with E-state index < -0.39 is 23.5 Å². The summed E-state index contributed by atoms with van der Waals surface area (Å²) in [6, 6.07) is 2.18. The van der Waals surface area contributed by atoms with Crippen molar-refractivity contribution < 1.29 is 22.4 Å². The lowest BCUT2D eigenvalue weighted by molar-refractivity contribution is -0.140. The number of alkyl halides is 3. The number of carbonyl (C=O) groups excluding carboxylic acids is 1. The highest BCUT2D eigenvalue weighted by Crippen LogP contribution is 2.31. The molecule has 0 saturated heterocycles. The van der Waals surface area contributed by atoms with Crippen LogP contribution in [0.3, 0.4) is 0 Å². The first kappa shape index (κ1) is 17.4. The number of nitrogens with two attached hydrogens (primary N) is 1. The Balaban J connectivity index is 2.85. The molecule has 1 aromatic carbocycles. The van der Waals surface area contributed by atoms with E-state index >= 15 is 0 Å². The lowest BCUT2D eigenvalue weighted by Gasteiger charge is -2.24. The van der Waals surface area contributed by atoms with Gasteiger partial charge in [0.15, 0.2) is 0 Å². The SMILES string of the molecule is CC(C)(CCN)CNC(=O)c1ccc(F)c(C(F)(F)F)c1. The number of benzene rings is 1. The lowest BCUT2D eigenvalue weighted by Crippen LogP contribution is -2.35. The molecule has 3 nitrogen and oxygen atoms in total. The Bertz CT molecular complexity index is 512. The third-order valence-corrected chi connectivity index (χ3v) is 3.08. The molecule has 0 aliphatic heterocycles. The summed E-state index contributed by atoms with van der Waals surface area (Å²) >= 11 is 0. The van der Waals surface area contributed by atoms with E-state index in [2.05, 4.69) is 5.32 Å². The zero-order valence-electron chi connectivity index (χ0n) is 11.9. The van der Waals surface area contributed by atoms with Crippen molar-refractivity contribution in [2.75, 3.05) is 13.1 Å². The fourth-order valence-corrected chi connectivity index (χ4v) is 1.78. The molecule has 21 heavy (non-hydrogen) atoms. The van der Waals surface area contributed by atoms with Crippen LogP contribution in [0.4, 0.5) is 17.6 Å². The second kappa shape index (κ2) is 6.43. The first-order valence-corrected chi connectivity index (χ1v) is 6.42. The third kappa shape index (κ3) is 5.00. The van der Waals surface area contributed by atoms with Crippen LogP contribution in [-0.2, 0) is 6.18 Å². The summed E-state index contributed by atoms with van der Waals surface area (Å²) < 4.78 is 50.9. The van der Waals surface area contributed by atoms with Crippen LogP contribution >= 0.6 is 0 Å². The van der Waals surface area contributed by atoms with Gasteiger partial charge in [0.1, 0.15) is 5.82 Å². The van der Waals surface area contributed by atoms with Gasteiger partial charge in [-0.3, -0.25) is 4.79 Å². The largest absolute Gasteiger partial charge is 0.419 e. The second-order valence-corrected chi connectivity index (χ2v) is 5.58. The lowest BCUT2D eigenvalue weighted by atomic mass is 9.89. The van der Waals surface area contributed by atoms with Crippen molar-refractivity contribution in [3.05, 3.63) is 35.1 Å². The Morgan fingerprint density at radius 2 is 1.90 bits per heavy atom. The molecule has 1 amide bonds. The number of amides is 1. The van der Waals surface area contributed by atoms with Gasteiger partial charge in [-0.25, -0.2) is 4.39 Å². The molecular formula is C14H18F4N2O. The fraction of sp³-hybridized carbons (Fsp3) is 0.500. The van der Waals surface area contributed by atoms with Gasteiger partial charge in [-0.2, -0.15) is 13.2 Å². The van der Waals surface area contributed by atoms with Crippen LogP contribution in [0, 0.1) is 11.2 Å². The fourth-order valence-electron chi connectivity index (χ4n) is 1.78. The van der Waals surface area contributed by atoms with Crippen LogP contribution in [0.2, 0.25) is 0 Å². The number of rotatable bonds is 5. The summed E-state index contributed by atoms with van der Waals surface area (Å²) in [7, 11) is 0. The van der Waals surface area contributed by atoms with Crippen LogP contribution in [0.25, 0.3) is 0 Å². The van der Waals surface area contributed by atoms with Crippen molar-refractivity contribution in [3.8, 4) is 0 Å². The van der Waals surface area contributed by atoms with Gasteiger partial charge < -0.3 is 11.1 Å². The van der Waals surface area contributed by atoms with Crippen molar-refractivity contribution >= 4 is 5.91 Å². The quantitative estimate of drug-likeness (QED) is 0.822. The summed E-state index contributed by atoms with van der Waals surface area (Å²) in [5, 5.41) is 2.54. The molecule has 0 bridgehead atoms. The van der Waals surface area contributed by atoms with Crippen LogP contribution in [0.1, 0.15) is 36.2 Å². The third-order valence-electron chi connectivity index (χ3n) is 3.08. The summed E-state index contributed by atoms with van der Waals surface area (Å²) in [6.07, 6.45) is -4.18. The highest BCUT2D eigenvalue weighted by Gasteiger charge is 2.34. The van der Waals surface area contributed by atoms with Crippen molar-refractivity contribution in [2.24, 2.45) is 11.1 Å². The molecule has 1 aromatic rings. The molecule has 118 valence electrons. The molecule has 1 rings (SSSR count). The minimum absolute atomic E-state index is 0.229. The highest BCUT2D eigenvalue weighted by atomic mass is 19.4. The van der Waals surface area contributed by atoms with E-state index in [-0.39, 0.29) is 17.5 Å². The van der Waals surface area contributed by atoms with E-state index in [4.69, 9.17) is 5.73 Å². The van der Waals surface area contributed by atoms with Gasteiger partial charge in [0.25, 0.3) is 5.91 Å². The summed E-state index contributed by atoms with van der Waals surface area (Å²) in [5.41, 5.74) is 3.49. The van der Waals surface area contributed by atoms with Gasteiger partial charge in [-0.15, -0.1) is 0 Å². The van der Waals surface area contributed by atoms with E-state index in [9.17, 15) is 22.4 Å². The number of carbonyl (C=O) groups is 1. The zero-order valence-corrected chi connectivity index (χ0v) is 11.9. The number of nitrogens with one attached hydrogen (secondary N) is 1. The van der Waals surface area contributed by atoms with Crippen LogP contribution in [0.5, 0.6) is 0 Å². The molecule has 0 atom stereocenters. The van der Waals surface area contributed by atoms with Gasteiger partial charge in [-0.1, -0.05) is 13.8 Å². The van der Waals surface area contributed by atoms with Crippen LogP contribution in [0.15, 0.2) is 18.2 Å². The molecule has 0 unspecified atom stereocenters. The van der Waals surface area contributed by atoms with Gasteiger partial charge in [0.05, 0.1) is 5.56 Å². The van der Waals surface area contributed by atoms with Gasteiger partial charge in [0, 0.05) is 12.1 Å². The normalized spacial score (nSPS) is 12.3. The summed E-state index contributed by atoms with van der Waals surface area (Å²) in [5.74, 6) is -2.08. The van der Waals surface area contributed by atoms with E-state index in [0.29, 0.717) is 25.1 Å². The van der Waals surface area contributed by atoms with Crippen LogP contribution in [-0.4, -0.2) is 19.0 Å². The molecular weight excluding hydrogens is 288 g/mol. The van der Waals surface area contributed by atoms with E-state index in [1.807, 2.05) is 13.8 Å². The first-order valence-electron chi connectivity index (χ1n) is 6.42. The molecule has 0 saturated carbocycles.